The molecule has 1 aromatic carbocycles. The molecule has 0 aliphatic rings. The van der Waals surface area contributed by atoms with E-state index >= 15 is 0 Å². The largest absolute Gasteiger partial charge is 0.369 e. The Labute approximate surface area is 142 Å². The summed E-state index contributed by atoms with van der Waals surface area (Å²) in [7, 11) is -3.71. The number of hydrogen-bond acceptors (Lipinski definition) is 4. The number of anilines is 2. The molecule has 0 unspecified atom stereocenters. The summed E-state index contributed by atoms with van der Waals surface area (Å²) < 4.78 is 28.0. The second-order valence-electron chi connectivity index (χ2n) is 4.15. The molecule has 2 rings (SSSR count). The summed E-state index contributed by atoms with van der Waals surface area (Å²) in [4.78, 5) is 4.05. The first kappa shape index (κ1) is 16.3. The first-order chi connectivity index (χ1) is 9.92. The predicted molar refractivity (Wildman–Crippen MR) is 93.4 cm³/mol. The van der Waals surface area contributed by atoms with Gasteiger partial charge in [0.05, 0.1) is 5.02 Å². The molecule has 21 heavy (non-hydrogen) atoms. The maximum atomic E-state index is 12.3. The zero-order chi connectivity index (χ0) is 15.5. The first-order valence-corrected chi connectivity index (χ1v) is 9.04. The Morgan fingerprint density at radius 2 is 2.10 bits per heavy atom. The third-order valence-electron chi connectivity index (χ3n) is 2.55. The minimum absolute atomic E-state index is 0.0213. The van der Waals surface area contributed by atoms with Crippen LogP contribution in [-0.2, 0) is 10.0 Å². The van der Waals surface area contributed by atoms with Crippen molar-refractivity contribution in [3.63, 3.8) is 0 Å². The van der Waals surface area contributed by atoms with Crippen molar-refractivity contribution in [3.05, 3.63) is 45.1 Å². The van der Waals surface area contributed by atoms with Gasteiger partial charge in [0.1, 0.15) is 10.7 Å². The second kappa shape index (κ2) is 6.80. The molecule has 0 saturated heterocycles. The summed E-state index contributed by atoms with van der Waals surface area (Å²) in [6, 6.07) is 8.45. The lowest BCUT2D eigenvalue weighted by Crippen LogP contribution is -2.14. The number of benzene rings is 1. The summed E-state index contributed by atoms with van der Waals surface area (Å²) in [5, 5.41) is 3.22. The molecule has 0 atom stereocenters. The highest BCUT2D eigenvalue weighted by Crippen LogP contribution is 2.24. The SMILES string of the molecule is CCNc1ncc(S(=O)(=O)Nc2cccc(I)c2)cc1Cl. The summed E-state index contributed by atoms with van der Waals surface area (Å²) >= 11 is 8.14. The number of halogens is 2. The van der Waals surface area contributed by atoms with Crippen molar-refractivity contribution in [1.29, 1.82) is 0 Å². The fourth-order valence-corrected chi connectivity index (χ4v) is 3.49. The van der Waals surface area contributed by atoms with Gasteiger partial charge in [-0.3, -0.25) is 4.72 Å². The zero-order valence-electron chi connectivity index (χ0n) is 11.1. The second-order valence-corrected chi connectivity index (χ2v) is 7.48. The Balaban J connectivity index is 2.29. The molecule has 0 radical (unpaired) electrons. The number of pyridine rings is 1. The van der Waals surface area contributed by atoms with E-state index in [0.29, 0.717) is 18.1 Å². The predicted octanol–water partition coefficient (Wildman–Crippen LogP) is 3.57. The van der Waals surface area contributed by atoms with Crippen LogP contribution in [0.4, 0.5) is 11.5 Å². The summed E-state index contributed by atoms with van der Waals surface area (Å²) in [6.07, 6.45) is 1.28. The van der Waals surface area contributed by atoms with Crippen LogP contribution in [0.3, 0.4) is 0 Å². The van der Waals surface area contributed by atoms with Gasteiger partial charge in [-0.25, -0.2) is 13.4 Å². The Kier molecular flexibility index (Phi) is 5.28. The lowest BCUT2D eigenvalue weighted by atomic mass is 10.3. The highest BCUT2D eigenvalue weighted by molar-refractivity contribution is 14.1. The van der Waals surface area contributed by atoms with Crippen molar-refractivity contribution < 1.29 is 8.42 Å². The number of sulfonamides is 1. The van der Waals surface area contributed by atoms with Gasteiger partial charge < -0.3 is 5.32 Å². The van der Waals surface area contributed by atoms with Crippen LogP contribution < -0.4 is 10.0 Å². The molecule has 0 amide bonds. The van der Waals surface area contributed by atoms with Gasteiger partial charge in [-0.15, -0.1) is 0 Å². The van der Waals surface area contributed by atoms with Gasteiger partial charge in [0, 0.05) is 22.0 Å². The lowest BCUT2D eigenvalue weighted by molar-refractivity contribution is 0.601. The Hall–Kier alpha value is -1.06. The molecule has 8 heteroatoms. The van der Waals surface area contributed by atoms with E-state index in [4.69, 9.17) is 11.6 Å². The summed E-state index contributed by atoms with van der Waals surface area (Å²) in [6.45, 7) is 2.56. The topological polar surface area (TPSA) is 71.1 Å². The molecule has 1 aromatic heterocycles. The van der Waals surface area contributed by atoms with Crippen molar-refractivity contribution >= 4 is 55.7 Å². The van der Waals surface area contributed by atoms with Crippen LogP contribution in [0, 0.1) is 3.57 Å². The molecule has 0 aliphatic carbocycles. The first-order valence-electron chi connectivity index (χ1n) is 6.10. The van der Waals surface area contributed by atoms with E-state index in [1.807, 2.05) is 13.0 Å². The molecule has 0 aliphatic heterocycles. The molecule has 0 fully saturated rings. The molecule has 0 saturated carbocycles. The van der Waals surface area contributed by atoms with Crippen LogP contribution in [0.2, 0.25) is 5.02 Å². The van der Waals surface area contributed by atoms with Gasteiger partial charge in [0.15, 0.2) is 0 Å². The fraction of sp³-hybridized carbons (Fsp3) is 0.154. The minimum Gasteiger partial charge on any atom is -0.369 e. The van der Waals surface area contributed by atoms with Gasteiger partial charge in [-0.05, 0) is 53.8 Å². The smallest absolute Gasteiger partial charge is 0.263 e. The zero-order valence-corrected chi connectivity index (χ0v) is 14.8. The number of rotatable bonds is 5. The molecule has 112 valence electrons. The van der Waals surface area contributed by atoms with Gasteiger partial charge in [0.2, 0.25) is 0 Å². The van der Waals surface area contributed by atoms with Gasteiger partial charge in [0.25, 0.3) is 10.0 Å². The van der Waals surface area contributed by atoms with E-state index in [2.05, 4.69) is 37.6 Å². The molecule has 5 nitrogen and oxygen atoms in total. The summed E-state index contributed by atoms with van der Waals surface area (Å²) in [5.74, 6) is 0.465. The molecule has 1 heterocycles. The average Bonchev–Trinajstić information content (AvgIpc) is 2.40. The van der Waals surface area contributed by atoms with E-state index < -0.39 is 10.0 Å². The van der Waals surface area contributed by atoms with Crippen molar-refractivity contribution in [2.75, 3.05) is 16.6 Å². The number of nitrogens with zero attached hydrogens (tertiary/aromatic N) is 1. The highest BCUT2D eigenvalue weighted by Gasteiger charge is 2.16. The maximum Gasteiger partial charge on any atom is 0.263 e. The average molecular weight is 438 g/mol. The quantitative estimate of drug-likeness (QED) is 0.702. The number of aromatic nitrogens is 1. The molecule has 0 bridgehead atoms. The van der Waals surface area contributed by atoms with Gasteiger partial charge in [-0.1, -0.05) is 17.7 Å². The van der Waals surface area contributed by atoms with Gasteiger partial charge >= 0.3 is 0 Å². The molecular weight excluding hydrogens is 425 g/mol. The van der Waals surface area contributed by atoms with Crippen molar-refractivity contribution in [2.24, 2.45) is 0 Å². The molecule has 2 aromatic rings. The van der Waals surface area contributed by atoms with E-state index in [1.54, 1.807) is 18.2 Å². The monoisotopic (exact) mass is 437 g/mol. The Morgan fingerprint density at radius 1 is 1.33 bits per heavy atom. The van der Waals surface area contributed by atoms with Crippen LogP contribution in [0.15, 0.2) is 41.4 Å². The van der Waals surface area contributed by atoms with Crippen LogP contribution in [0.5, 0.6) is 0 Å². The third kappa shape index (κ3) is 4.21. The Bertz CT molecular complexity index is 753. The fourth-order valence-electron chi connectivity index (χ4n) is 1.63. The lowest BCUT2D eigenvalue weighted by Gasteiger charge is -2.10. The molecular formula is C13H13ClIN3O2S. The van der Waals surface area contributed by atoms with Crippen LogP contribution in [0.1, 0.15) is 6.92 Å². The van der Waals surface area contributed by atoms with Crippen LogP contribution >= 0.6 is 34.2 Å². The number of nitrogens with one attached hydrogen (secondary N) is 2. The molecule has 0 spiro atoms. The minimum atomic E-state index is -3.71. The van der Waals surface area contributed by atoms with E-state index in [-0.39, 0.29) is 9.92 Å². The van der Waals surface area contributed by atoms with Gasteiger partial charge in [-0.2, -0.15) is 0 Å². The standard InChI is InChI=1S/C13H13ClIN3O2S/c1-2-16-13-12(14)7-11(8-17-13)21(19,20)18-10-5-3-4-9(15)6-10/h3-8,18H,2H2,1H3,(H,16,17). The third-order valence-corrected chi connectivity index (χ3v) is 4.85. The normalized spacial score (nSPS) is 11.2. The maximum absolute atomic E-state index is 12.3. The van der Waals surface area contributed by atoms with E-state index in [1.165, 1.54) is 12.3 Å². The van der Waals surface area contributed by atoms with Crippen LogP contribution in [-0.4, -0.2) is 19.9 Å². The summed E-state index contributed by atoms with van der Waals surface area (Å²) in [5.41, 5.74) is 0.494. The van der Waals surface area contributed by atoms with E-state index in [0.717, 1.165) is 3.57 Å². The van der Waals surface area contributed by atoms with Crippen molar-refractivity contribution in [3.8, 4) is 0 Å². The van der Waals surface area contributed by atoms with E-state index in [9.17, 15) is 8.42 Å². The molecule has 2 N–H and O–H groups in total. The van der Waals surface area contributed by atoms with Crippen molar-refractivity contribution in [2.45, 2.75) is 11.8 Å². The van der Waals surface area contributed by atoms with Crippen LogP contribution in [0.25, 0.3) is 0 Å². The van der Waals surface area contributed by atoms with Crippen molar-refractivity contribution in [1.82, 2.24) is 4.98 Å². The highest BCUT2D eigenvalue weighted by atomic mass is 127. The Morgan fingerprint density at radius 3 is 2.71 bits per heavy atom. The number of hydrogen-bond donors (Lipinski definition) is 2.